The van der Waals surface area contributed by atoms with Crippen molar-refractivity contribution >= 4 is 5.69 Å². The lowest BCUT2D eigenvalue weighted by Crippen LogP contribution is -2.58. The van der Waals surface area contributed by atoms with Gasteiger partial charge in [-0.3, -0.25) is 0 Å². The summed E-state index contributed by atoms with van der Waals surface area (Å²) in [7, 11) is 1.17. The SMILES string of the molecule is COc1c(F)ccc2c1OCC(O)(C(F)(F)F)C2Nc1cncnc1. The van der Waals surface area contributed by atoms with Gasteiger partial charge in [0.2, 0.25) is 5.60 Å². The van der Waals surface area contributed by atoms with Crippen LogP contribution >= 0.6 is 0 Å². The molecule has 0 saturated heterocycles. The minimum absolute atomic E-state index is 0.104. The first kappa shape index (κ1) is 17.2. The molecule has 2 N–H and O–H groups in total. The van der Waals surface area contributed by atoms with Gasteiger partial charge in [-0.2, -0.15) is 13.2 Å². The fourth-order valence-corrected chi connectivity index (χ4v) is 2.63. The van der Waals surface area contributed by atoms with Crippen LogP contribution in [0.15, 0.2) is 30.9 Å². The lowest BCUT2D eigenvalue weighted by Gasteiger charge is -2.42. The Kier molecular flexibility index (Phi) is 4.15. The third-order valence-electron chi connectivity index (χ3n) is 3.89. The van der Waals surface area contributed by atoms with Crippen molar-refractivity contribution in [3.63, 3.8) is 0 Å². The molecule has 2 unspecified atom stereocenters. The van der Waals surface area contributed by atoms with Gasteiger partial charge in [-0.25, -0.2) is 14.4 Å². The summed E-state index contributed by atoms with van der Waals surface area (Å²) in [6.07, 6.45) is -1.31. The molecule has 1 aromatic carbocycles. The van der Waals surface area contributed by atoms with Gasteiger partial charge in [-0.05, 0) is 12.1 Å². The third-order valence-corrected chi connectivity index (χ3v) is 3.89. The van der Waals surface area contributed by atoms with E-state index in [0.29, 0.717) is 0 Å². The number of ether oxygens (including phenoxy) is 2. The highest BCUT2D eigenvalue weighted by Gasteiger charge is 2.62. The Balaban J connectivity index is 2.14. The molecule has 2 aromatic rings. The molecule has 1 aliphatic heterocycles. The van der Waals surface area contributed by atoms with Crippen LogP contribution in [0.1, 0.15) is 11.6 Å². The topological polar surface area (TPSA) is 76.5 Å². The normalized spacial score (nSPS) is 22.7. The number of hydrogen-bond acceptors (Lipinski definition) is 6. The number of aliphatic hydroxyl groups is 1. The predicted octanol–water partition coefficient (Wildman–Crippen LogP) is 2.46. The van der Waals surface area contributed by atoms with Crippen molar-refractivity contribution in [1.82, 2.24) is 9.97 Å². The Morgan fingerprint density at radius 1 is 1.32 bits per heavy atom. The van der Waals surface area contributed by atoms with E-state index in [0.717, 1.165) is 12.1 Å². The van der Waals surface area contributed by atoms with Gasteiger partial charge in [0.15, 0.2) is 17.3 Å². The Morgan fingerprint density at radius 3 is 2.60 bits per heavy atom. The first-order chi connectivity index (χ1) is 11.8. The minimum atomic E-state index is -5.01. The number of nitrogens with zero attached hydrogens (tertiary/aromatic N) is 2. The molecule has 1 aromatic heterocycles. The van der Waals surface area contributed by atoms with Gasteiger partial charge in [-0.1, -0.05) is 0 Å². The van der Waals surface area contributed by atoms with Crippen molar-refractivity contribution in [3.05, 3.63) is 42.2 Å². The molecule has 10 heteroatoms. The second-order valence-corrected chi connectivity index (χ2v) is 5.41. The highest BCUT2D eigenvalue weighted by atomic mass is 19.4. The fourth-order valence-electron chi connectivity index (χ4n) is 2.63. The number of rotatable bonds is 3. The summed E-state index contributed by atoms with van der Waals surface area (Å²) in [5.74, 6) is -1.33. The lowest BCUT2D eigenvalue weighted by molar-refractivity contribution is -0.278. The largest absolute Gasteiger partial charge is 0.490 e. The molecule has 0 amide bonds. The van der Waals surface area contributed by atoms with Gasteiger partial charge in [0.1, 0.15) is 12.9 Å². The number of alkyl halides is 3. The van der Waals surface area contributed by atoms with Gasteiger partial charge in [0.25, 0.3) is 0 Å². The maximum absolute atomic E-state index is 13.8. The van der Waals surface area contributed by atoms with Crippen LogP contribution in [-0.2, 0) is 0 Å². The van der Waals surface area contributed by atoms with E-state index < -0.39 is 30.2 Å². The summed E-state index contributed by atoms with van der Waals surface area (Å²) in [4.78, 5) is 7.42. The van der Waals surface area contributed by atoms with Crippen LogP contribution in [0.5, 0.6) is 11.5 Å². The molecular weight excluding hydrogens is 346 g/mol. The van der Waals surface area contributed by atoms with Crippen molar-refractivity contribution in [3.8, 4) is 11.5 Å². The molecule has 0 aliphatic carbocycles. The van der Waals surface area contributed by atoms with E-state index in [9.17, 15) is 22.7 Å². The number of halogens is 4. The number of nitrogens with one attached hydrogen (secondary N) is 1. The summed E-state index contributed by atoms with van der Waals surface area (Å²) < 4.78 is 64.3. The second kappa shape index (κ2) is 6.03. The molecule has 0 fully saturated rings. The Hall–Kier alpha value is -2.62. The molecule has 0 bridgehead atoms. The molecule has 6 nitrogen and oxygen atoms in total. The van der Waals surface area contributed by atoms with Crippen LogP contribution in [0, 0.1) is 5.82 Å². The van der Waals surface area contributed by atoms with Gasteiger partial charge in [0, 0.05) is 5.56 Å². The van der Waals surface area contributed by atoms with Gasteiger partial charge >= 0.3 is 6.18 Å². The maximum Gasteiger partial charge on any atom is 0.423 e. The van der Waals surface area contributed by atoms with Gasteiger partial charge in [-0.15, -0.1) is 0 Å². The molecule has 1 aliphatic rings. The Bertz CT molecular complexity index is 773. The molecule has 0 radical (unpaired) electrons. The van der Waals surface area contributed by atoms with Gasteiger partial charge < -0.3 is 19.9 Å². The van der Waals surface area contributed by atoms with Crippen LogP contribution in [0.4, 0.5) is 23.2 Å². The molecule has 0 saturated carbocycles. The van der Waals surface area contributed by atoms with Crippen molar-refractivity contribution < 1.29 is 32.1 Å². The quantitative estimate of drug-likeness (QED) is 0.820. The zero-order valence-electron chi connectivity index (χ0n) is 12.8. The van der Waals surface area contributed by atoms with Crippen molar-refractivity contribution in [2.24, 2.45) is 0 Å². The van der Waals surface area contributed by atoms with E-state index in [1.54, 1.807) is 0 Å². The lowest BCUT2D eigenvalue weighted by atomic mass is 9.85. The first-order valence-electron chi connectivity index (χ1n) is 7.08. The summed E-state index contributed by atoms with van der Waals surface area (Å²) in [6.45, 7) is -1.13. The number of hydrogen-bond donors (Lipinski definition) is 2. The molecule has 2 heterocycles. The molecular formula is C15H13F4N3O3. The third kappa shape index (κ3) is 2.82. The number of fused-ring (bicyclic) bond motifs is 1. The first-order valence-corrected chi connectivity index (χ1v) is 7.08. The van der Waals surface area contributed by atoms with Crippen LogP contribution in [0.2, 0.25) is 0 Å². The average molecular weight is 359 g/mol. The van der Waals surface area contributed by atoms with Crippen LogP contribution in [-0.4, -0.2) is 40.6 Å². The van der Waals surface area contributed by atoms with Gasteiger partial charge in [0.05, 0.1) is 31.2 Å². The zero-order valence-corrected chi connectivity index (χ0v) is 12.8. The molecule has 134 valence electrons. The molecule has 2 atom stereocenters. The number of benzene rings is 1. The predicted molar refractivity (Wildman–Crippen MR) is 77.8 cm³/mol. The smallest absolute Gasteiger partial charge is 0.423 e. The van der Waals surface area contributed by atoms with Crippen LogP contribution < -0.4 is 14.8 Å². The second-order valence-electron chi connectivity index (χ2n) is 5.41. The van der Waals surface area contributed by atoms with Crippen molar-refractivity contribution in [2.75, 3.05) is 19.0 Å². The highest BCUT2D eigenvalue weighted by molar-refractivity contribution is 5.55. The van der Waals surface area contributed by atoms with E-state index in [1.165, 1.54) is 25.8 Å². The highest BCUT2D eigenvalue weighted by Crippen LogP contribution is 2.50. The number of aromatic nitrogens is 2. The molecule has 3 rings (SSSR count). The Morgan fingerprint density at radius 2 is 2.00 bits per heavy atom. The van der Waals surface area contributed by atoms with E-state index in [-0.39, 0.29) is 22.7 Å². The van der Waals surface area contributed by atoms with Crippen LogP contribution in [0.25, 0.3) is 0 Å². The van der Waals surface area contributed by atoms with E-state index >= 15 is 0 Å². The average Bonchev–Trinajstić information content (AvgIpc) is 2.57. The zero-order chi connectivity index (χ0) is 18.2. The fraction of sp³-hybridized carbons (Fsp3) is 0.333. The summed E-state index contributed by atoms with van der Waals surface area (Å²) in [5, 5.41) is 12.9. The van der Waals surface area contributed by atoms with E-state index in [1.807, 2.05) is 0 Å². The standard InChI is InChI=1S/C15H13F4N3O3/c1-24-12-10(16)3-2-9-11(12)25-6-14(23,15(17,18)19)13(9)22-8-4-20-7-21-5-8/h2-5,7,13,22-23H,6H2,1H3. The van der Waals surface area contributed by atoms with E-state index in [4.69, 9.17) is 9.47 Å². The maximum atomic E-state index is 13.8. The van der Waals surface area contributed by atoms with E-state index in [2.05, 4.69) is 15.3 Å². The van der Waals surface area contributed by atoms with Crippen molar-refractivity contribution in [2.45, 2.75) is 17.8 Å². The number of methoxy groups -OCH3 is 1. The monoisotopic (exact) mass is 359 g/mol. The van der Waals surface area contributed by atoms with Crippen molar-refractivity contribution in [1.29, 1.82) is 0 Å². The minimum Gasteiger partial charge on any atom is -0.490 e. The Labute approximate surface area is 139 Å². The summed E-state index contributed by atoms with van der Waals surface area (Å²) >= 11 is 0. The summed E-state index contributed by atoms with van der Waals surface area (Å²) in [5.41, 5.74) is -3.21. The molecule has 0 spiro atoms. The van der Waals surface area contributed by atoms with Crippen LogP contribution in [0.3, 0.4) is 0 Å². The summed E-state index contributed by atoms with van der Waals surface area (Å²) in [6, 6.07) is 0.362. The molecule has 25 heavy (non-hydrogen) atoms. The number of anilines is 1.